The summed E-state index contributed by atoms with van der Waals surface area (Å²) in [5, 5.41) is 24.4. The zero-order valence-corrected chi connectivity index (χ0v) is 17.0. The van der Waals surface area contributed by atoms with E-state index < -0.39 is 11.6 Å². The molecular weight excluding hydrogens is 422 g/mol. The molecule has 0 atom stereocenters. The number of nitrogens with one attached hydrogen (secondary N) is 3. The Morgan fingerprint density at radius 1 is 1.21 bits per heavy atom. The second-order valence-corrected chi connectivity index (χ2v) is 7.51. The molecule has 0 amide bonds. The first-order valence-corrected chi connectivity index (χ1v) is 9.63. The van der Waals surface area contributed by atoms with Crippen LogP contribution in [0.4, 0.5) is 19.5 Å². The van der Waals surface area contributed by atoms with Crippen LogP contribution < -0.4 is 15.4 Å². The van der Waals surface area contributed by atoms with Crippen molar-refractivity contribution in [2.45, 2.75) is 19.9 Å². The number of aromatic nitrogens is 1. The minimum Gasteiger partial charge on any atom is -0.492 e. The third-order valence-electron chi connectivity index (χ3n) is 3.66. The lowest BCUT2D eigenvalue weighted by atomic mass is 10.2. The van der Waals surface area contributed by atoms with Crippen LogP contribution in [0.1, 0.15) is 19.4 Å². The number of benzene rings is 2. The van der Waals surface area contributed by atoms with Gasteiger partial charge in [-0.05, 0) is 49.6 Å². The van der Waals surface area contributed by atoms with Gasteiger partial charge in [0, 0.05) is 23.9 Å². The molecule has 3 aromatic rings. The molecule has 6 nitrogen and oxygen atoms in total. The van der Waals surface area contributed by atoms with E-state index in [9.17, 15) is 13.9 Å². The van der Waals surface area contributed by atoms with Gasteiger partial charge in [0.1, 0.15) is 28.0 Å². The quantitative estimate of drug-likeness (QED) is 0.295. The summed E-state index contributed by atoms with van der Waals surface area (Å²) in [5.41, 5.74) is 0.540. The third kappa shape index (κ3) is 4.93. The van der Waals surface area contributed by atoms with Gasteiger partial charge in [-0.2, -0.15) is 4.37 Å². The summed E-state index contributed by atoms with van der Waals surface area (Å²) < 4.78 is 37.0. The van der Waals surface area contributed by atoms with Gasteiger partial charge in [-0.15, -0.1) is 0 Å². The summed E-state index contributed by atoms with van der Waals surface area (Å²) in [7, 11) is 0. The Bertz CT molecular complexity index is 1060. The number of rotatable bonds is 6. The van der Waals surface area contributed by atoms with E-state index in [1.807, 2.05) is 13.8 Å². The molecule has 1 heterocycles. The van der Waals surface area contributed by atoms with Crippen molar-refractivity contribution in [2.24, 2.45) is 0 Å². The number of hydrogen-bond acceptors (Lipinski definition) is 6. The molecule has 3 rings (SSSR count). The van der Waals surface area contributed by atoms with Crippen LogP contribution in [0.2, 0.25) is 5.02 Å². The van der Waals surface area contributed by atoms with Gasteiger partial charge in [-0.1, -0.05) is 11.6 Å². The summed E-state index contributed by atoms with van der Waals surface area (Å²) >= 11 is 6.88. The largest absolute Gasteiger partial charge is 0.492 e. The monoisotopic (exact) mass is 438 g/mol. The van der Waals surface area contributed by atoms with E-state index in [-0.39, 0.29) is 39.8 Å². The maximum Gasteiger partial charge on any atom is 0.236 e. The standard InChI is InChI=1S/C19H17ClF2N4O2S/c1-9(2)24-17(23)16-18(27)26-29-19(16)25-11-4-6-14(13(22)8-11)28-15-7-10(21)3-5-12(15)20/h3-9,25H,1-2H3,(H2,23,24)(H,26,27). The maximum atomic E-state index is 14.5. The first-order valence-electron chi connectivity index (χ1n) is 8.48. The van der Waals surface area contributed by atoms with Crippen LogP contribution in [-0.4, -0.2) is 21.4 Å². The fourth-order valence-electron chi connectivity index (χ4n) is 2.42. The van der Waals surface area contributed by atoms with Crippen molar-refractivity contribution in [3.8, 4) is 17.4 Å². The van der Waals surface area contributed by atoms with Gasteiger partial charge in [0.15, 0.2) is 11.6 Å². The molecule has 0 aliphatic carbocycles. The molecule has 0 radical (unpaired) electrons. The topological polar surface area (TPSA) is 90.3 Å². The third-order valence-corrected chi connectivity index (χ3v) is 4.73. The first-order chi connectivity index (χ1) is 13.7. The van der Waals surface area contributed by atoms with E-state index >= 15 is 0 Å². The summed E-state index contributed by atoms with van der Waals surface area (Å²) in [6, 6.07) is 7.60. The highest BCUT2D eigenvalue weighted by Gasteiger charge is 2.19. The van der Waals surface area contributed by atoms with Crippen molar-refractivity contribution in [3.63, 3.8) is 0 Å². The van der Waals surface area contributed by atoms with Gasteiger partial charge in [0.25, 0.3) is 0 Å². The maximum absolute atomic E-state index is 14.5. The highest BCUT2D eigenvalue weighted by atomic mass is 35.5. The van der Waals surface area contributed by atoms with Crippen molar-refractivity contribution in [3.05, 3.63) is 58.6 Å². The summed E-state index contributed by atoms with van der Waals surface area (Å²) in [5.74, 6) is -1.70. The minimum absolute atomic E-state index is 0.00470. The Balaban J connectivity index is 1.81. The van der Waals surface area contributed by atoms with Gasteiger partial charge < -0.3 is 20.5 Å². The number of nitrogens with zero attached hydrogens (tertiary/aromatic N) is 1. The average molecular weight is 439 g/mol. The number of ether oxygens (including phenoxy) is 1. The molecule has 0 fully saturated rings. The lowest BCUT2D eigenvalue weighted by Gasteiger charge is -2.13. The molecule has 10 heteroatoms. The van der Waals surface area contributed by atoms with E-state index in [4.69, 9.17) is 21.7 Å². The molecule has 1 aromatic heterocycles. The summed E-state index contributed by atoms with van der Waals surface area (Å²) in [4.78, 5) is 0. The molecule has 0 unspecified atom stereocenters. The Morgan fingerprint density at radius 3 is 2.66 bits per heavy atom. The minimum atomic E-state index is -0.707. The summed E-state index contributed by atoms with van der Waals surface area (Å²) in [6.45, 7) is 3.72. The van der Waals surface area contributed by atoms with E-state index in [0.29, 0.717) is 10.7 Å². The van der Waals surface area contributed by atoms with E-state index in [1.54, 1.807) is 0 Å². The van der Waals surface area contributed by atoms with Crippen LogP contribution in [0.15, 0.2) is 36.4 Å². The van der Waals surface area contributed by atoms with Crippen LogP contribution in [0.5, 0.6) is 17.4 Å². The zero-order valence-electron chi connectivity index (χ0n) is 15.4. The van der Waals surface area contributed by atoms with Crippen molar-refractivity contribution in [2.75, 3.05) is 5.32 Å². The molecule has 0 aliphatic heterocycles. The van der Waals surface area contributed by atoms with Gasteiger partial charge in [0.05, 0.1) is 5.02 Å². The van der Waals surface area contributed by atoms with Crippen LogP contribution in [-0.2, 0) is 0 Å². The Hall–Kier alpha value is -2.91. The molecule has 0 saturated carbocycles. The number of amidine groups is 1. The lowest BCUT2D eigenvalue weighted by molar-refractivity contribution is 0.439. The second-order valence-electron chi connectivity index (χ2n) is 6.33. The van der Waals surface area contributed by atoms with Gasteiger partial charge in [-0.25, -0.2) is 8.78 Å². The van der Waals surface area contributed by atoms with E-state index in [0.717, 1.165) is 17.6 Å². The molecule has 0 aliphatic rings. The van der Waals surface area contributed by atoms with Crippen molar-refractivity contribution in [1.82, 2.24) is 9.69 Å². The molecular formula is C19H17ClF2N4O2S. The lowest BCUT2D eigenvalue weighted by Crippen LogP contribution is -2.30. The van der Waals surface area contributed by atoms with Gasteiger partial charge in [-0.3, -0.25) is 5.41 Å². The molecule has 152 valence electrons. The van der Waals surface area contributed by atoms with Gasteiger partial charge >= 0.3 is 0 Å². The van der Waals surface area contributed by atoms with Crippen LogP contribution >= 0.6 is 23.1 Å². The SMILES string of the molecule is CC(C)NC(=N)c1c(O)nsc1Nc1ccc(Oc2cc(F)ccc2Cl)c(F)c1. The fraction of sp³-hybridized carbons (Fsp3) is 0.158. The average Bonchev–Trinajstić information content (AvgIpc) is 3.00. The first kappa shape index (κ1) is 20.8. The number of hydrogen-bond donors (Lipinski definition) is 4. The van der Waals surface area contributed by atoms with Crippen molar-refractivity contribution in [1.29, 1.82) is 5.41 Å². The summed E-state index contributed by atoms with van der Waals surface area (Å²) in [6.07, 6.45) is 0. The number of halogens is 3. The highest BCUT2D eigenvalue weighted by Crippen LogP contribution is 2.35. The van der Waals surface area contributed by atoms with Crippen molar-refractivity contribution < 1.29 is 18.6 Å². The molecule has 0 spiro atoms. The smallest absolute Gasteiger partial charge is 0.236 e. The molecule has 4 N–H and O–H groups in total. The van der Waals surface area contributed by atoms with Crippen LogP contribution in [0.25, 0.3) is 0 Å². The Labute approximate surface area is 174 Å². The Morgan fingerprint density at radius 2 is 1.97 bits per heavy atom. The Kier molecular flexibility index (Phi) is 6.19. The number of aromatic hydroxyl groups is 1. The normalized spacial score (nSPS) is 10.8. The van der Waals surface area contributed by atoms with E-state index in [1.165, 1.54) is 30.3 Å². The molecule has 29 heavy (non-hydrogen) atoms. The highest BCUT2D eigenvalue weighted by molar-refractivity contribution is 7.11. The molecule has 2 aromatic carbocycles. The van der Waals surface area contributed by atoms with Gasteiger partial charge in [0.2, 0.25) is 5.88 Å². The van der Waals surface area contributed by atoms with Crippen LogP contribution in [0, 0.1) is 17.0 Å². The molecule has 0 saturated heterocycles. The molecule has 0 bridgehead atoms. The van der Waals surface area contributed by atoms with Crippen LogP contribution in [0.3, 0.4) is 0 Å². The van der Waals surface area contributed by atoms with Crippen molar-refractivity contribution >= 4 is 39.7 Å². The fourth-order valence-corrected chi connectivity index (χ4v) is 3.29. The van der Waals surface area contributed by atoms with E-state index in [2.05, 4.69) is 15.0 Å². The second kappa shape index (κ2) is 8.62. The predicted molar refractivity (Wildman–Crippen MR) is 110 cm³/mol. The number of anilines is 2. The predicted octanol–water partition coefficient (Wildman–Crippen LogP) is 5.64. The zero-order chi connectivity index (χ0) is 21.1.